The fourth-order valence-electron chi connectivity index (χ4n) is 2.47. The minimum absolute atomic E-state index is 0.389. The molecule has 0 unspecified atom stereocenters. The Labute approximate surface area is 190 Å². The molecule has 0 aliphatic heterocycles. The summed E-state index contributed by atoms with van der Waals surface area (Å²) in [5, 5.41) is 2.33. The number of nitrogens with one attached hydrogen (secondary N) is 1. The van der Waals surface area contributed by atoms with Crippen LogP contribution in [0.3, 0.4) is 0 Å². The van der Waals surface area contributed by atoms with Gasteiger partial charge in [0, 0.05) is 20.9 Å². The van der Waals surface area contributed by atoms with Gasteiger partial charge in [0.15, 0.2) is 0 Å². The minimum Gasteiger partial charge on any atom is -0.288 e. The zero-order valence-corrected chi connectivity index (χ0v) is 18.3. The van der Waals surface area contributed by atoms with Gasteiger partial charge in [0.25, 0.3) is 11.8 Å². The summed E-state index contributed by atoms with van der Waals surface area (Å²) < 4.78 is 0. The summed E-state index contributed by atoms with van der Waals surface area (Å²) >= 11 is 0. The second kappa shape index (κ2) is 12.4. The van der Waals surface area contributed by atoms with E-state index in [1.165, 1.54) is 9.79 Å². The van der Waals surface area contributed by atoms with E-state index in [1.807, 2.05) is 24.3 Å². The number of amides is 2. The number of rotatable bonds is 5. The second-order valence-corrected chi connectivity index (χ2v) is 8.58. The third-order valence-electron chi connectivity index (χ3n) is 4.02. The third-order valence-corrected chi connectivity index (χ3v) is 6.44. The van der Waals surface area contributed by atoms with Crippen LogP contribution in [-0.4, -0.2) is 11.8 Å². The Morgan fingerprint density at radius 3 is 1.06 bits per heavy atom. The molecule has 3 nitrogen and oxygen atoms in total. The first-order valence-electron chi connectivity index (χ1n) is 9.63. The molecule has 0 bridgehead atoms. The molecule has 31 heavy (non-hydrogen) atoms. The zero-order chi connectivity index (χ0) is 21.7. The van der Waals surface area contributed by atoms with Gasteiger partial charge in [-0.25, -0.2) is 0 Å². The fourth-order valence-corrected chi connectivity index (χ4v) is 4.45. The van der Waals surface area contributed by atoms with Crippen molar-refractivity contribution in [1.82, 2.24) is 5.32 Å². The molecular weight excluding hydrogens is 422 g/mol. The molecule has 0 saturated heterocycles. The highest BCUT2D eigenvalue weighted by molar-refractivity contribution is 8.76. The van der Waals surface area contributed by atoms with Gasteiger partial charge in [-0.1, -0.05) is 94.4 Å². The predicted molar refractivity (Wildman–Crippen MR) is 129 cm³/mol. The summed E-state index contributed by atoms with van der Waals surface area (Å²) in [7, 11) is 3.58. The van der Waals surface area contributed by atoms with Crippen LogP contribution in [-0.2, 0) is 0 Å². The minimum atomic E-state index is -0.389. The number of imide groups is 1. The first-order chi connectivity index (χ1) is 15.2. The normalized spacial score (nSPS) is 9.81. The summed E-state index contributed by atoms with van der Waals surface area (Å²) in [5.74, 6) is -0.779. The van der Waals surface area contributed by atoms with E-state index in [0.717, 1.165) is 0 Å². The average Bonchev–Trinajstić information content (AvgIpc) is 2.85. The molecule has 0 fully saturated rings. The Morgan fingerprint density at radius 1 is 0.452 bits per heavy atom. The highest BCUT2D eigenvalue weighted by Crippen LogP contribution is 2.36. The van der Waals surface area contributed by atoms with E-state index < -0.39 is 0 Å². The number of hydrogen-bond donors (Lipinski definition) is 1. The zero-order valence-electron chi connectivity index (χ0n) is 16.7. The number of benzene rings is 4. The third kappa shape index (κ3) is 7.81. The van der Waals surface area contributed by atoms with Crippen LogP contribution in [0.4, 0.5) is 0 Å². The molecule has 2 amide bonds. The van der Waals surface area contributed by atoms with Gasteiger partial charge in [-0.15, -0.1) is 0 Å². The maximum Gasteiger partial charge on any atom is 0.258 e. The van der Waals surface area contributed by atoms with E-state index in [9.17, 15) is 9.59 Å². The highest BCUT2D eigenvalue weighted by atomic mass is 33.1. The van der Waals surface area contributed by atoms with Gasteiger partial charge in [0.05, 0.1) is 0 Å². The van der Waals surface area contributed by atoms with Crippen LogP contribution < -0.4 is 5.32 Å². The van der Waals surface area contributed by atoms with Crippen molar-refractivity contribution in [1.29, 1.82) is 0 Å². The Bertz CT molecular complexity index is 984. The Morgan fingerprint density at radius 2 is 0.742 bits per heavy atom. The lowest BCUT2D eigenvalue weighted by molar-refractivity contribution is 0.0849. The largest absolute Gasteiger partial charge is 0.288 e. The lowest BCUT2D eigenvalue weighted by atomic mass is 10.2. The number of carbonyl (C=O) groups is 2. The van der Waals surface area contributed by atoms with E-state index in [2.05, 4.69) is 53.8 Å². The number of carbonyl (C=O) groups excluding carboxylic acids is 2. The van der Waals surface area contributed by atoms with Crippen LogP contribution in [0.25, 0.3) is 0 Å². The molecule has 1 N–H and O–H groups in total. The first-order valence-corrected chi connectivity index (χ1v) is 11.8. The Kier molecular flexibility index (Phi) is 8.98. The molecule has 0 saturated carbocycles. The Hall–Kier alpha value is -3.28. The molecule has 0 aliphatic rings. The standard InChI is InChI=1S/C14H11NO2.C12H10S2/c16-13(11-7-3-1-4-8-11)15-14(17)12-9-5-2-6-10-12;1-3-7-11(8-4-1)13-14-12-9-5-2-6-10-12/h1-10H,(H,15,16,17);1-10H. The van der Waals surface area contributed by atoms with Crippen molar-refractivity contribution in [2.45, 2.75) is 9.79 Å². The van der Waals surface area contributed by atoms with Crippen molar-refractivity contribution in [2.75, 3.05) is 0 Å². The van der Waals surface area contributed by atoms with Crippen molar-refractivity contribution in [3.63, 3.8) is 0 Å². The lowest BCUT2D eigenvalue weighted by Gasteiger charge is -2.03. The van der Waals surface area contributed by atoms with Gasteiger partial charge >= 0.3 is 0 Å². The van der Waals surface area contributed by atoms with Gasteiger partial charge in [-0.05, 0) is 48.5 Å². The van der Waals surface area contributed by atoms with E-state index in [0.29, 0.717) is 11.1 Å². The second-order valence-electron chi connectivity index (χ2n) is 6.31. The van der Waals surface area contributed by atoms with Gasteiger partial charge in [-0.2, -0.15) is 0 Å². The quantitative estimate of drug-likeness (QED) is 0.274. The van der Waals surface area contributed by atoms with Crippen LogP contribution >= 0.6 is 21.6 Å². The summed E-state index contributed by atoms with van der Waals surface area (Å²) in [6, 6.07) is 38.1. The monoisotopic (exact) mass is 443 g/mol. The van der Waals surface area contributed by atoms with Crippen LogP contribution in [0.15, 0.2) is 131 Å². The molecule has 0 atom stereocenters. The summed E-state index contributed by atoms with van der Waals surface area (Å²) in [6.07, 6.45) is 0. The van der Waals surface area contributed by atoms with Gasteiger partial charge in [-0.3, -0.25) is 14.9 Å². The predicted octanol–water partition coefficient (Wildman–Crippen LogP) is 6.74. The molecule has 0 aromatic heterocycles. The molecule has 4 aromatic rings. The molecule has 0 aliphatic carbocycles. The SMILES string of the molecule is O=C(NC(=O)c1ccccc1)c1ccccc1.c1ccc(SSc2ccccc2)cc1. The summed E-state index contributed by atoms with van der Waals surface area (Å²) in [5.41, 5.74) is 0.938. The molecule has 5 heteroatoms. The van der Waals surface area contributed by atoms with Crippen molar-refractivity contribution in [2.24, 2.45) is 0 Å². The Balaban J connectivity index is 0.000000179. The summed E-state index contributed by atoms with van der Waals surface area (Å²) in [4.78, 5) is 26.0. The summed E-state index contributed by atoms with van der Waals surface area (Å²) in [6.45, 7) is 0. The van der Waals surface area contributed by atoms with Gasteiger partial charge in [0.1, 0.15) is 0 Å². The van der Waals surface area contributed by atoms with Crippen LogP contribution in [0.1, 0.15) is 20.7 Å². The number of hydrogen-bond acceptors (Lipinski definition) is 4. The van der Waals surface area contributed by atoms with E-state index in [-0.39, 0.29) is 11.8 Å². The topological polar surface area (TPSA) is 46.2 Å². The maximum absolute atomic E-state index is 11.7. The molecule has 4 rings (SSSR count). The van der Waals surface area contributed by atoms with Crippen LogP contribution in [0.5, 0.6) is 0 Å². The molecule has 0 spiro atoms. The molecule has 4 aromatic carbocycles. The molecular formula is C26H21NO2S2. The average molecular weight is 444 g/mol. The maximum atomic E-state index is 11.7. The van der Waals surface area contributed by atoms with Crippen molar-refractivity contribution < 1.29 is 9.59 Å². The fraction of sp³-hybridized carbons (Fsp3) is 0. The smallest absolute Gasteiger partial charge is 0.258 e. The first kappa shape index (κ1) is 22.4. The van der Waals surface area contributed by atoms with E-state index in [4.69, 9.17) is 0 Å². The van der Waals surface area contributed by atoms with Crippen molar-refractivity contribution in [3.8, 4) is 0 Å². The highest BCUT2D eigenvalue weighted by Gasteiger charge is 2.10. The van der Waals surface area contributed by atoms with E-state index in [1.54, 1.807) is 70.1 Å². The molecule has 154 valence electrons. The van der Waals surface area contributed by atoms with Crippen molar-refractivity contribution in [3.05, 3.63) is 132 Å². The van der Waals surface area contributed by atoms with Crippen molar-refractivity contribution >= 4 is 33.4 Å². The van der Waals surface area contributed by atoms with Crippen LogP contribution in [0, 0.1) is 0 Å². The lowest BCUT2D eigenvalue weighted by Crippen LogP contribution is -2.30. The van der Waals surface area contributed by atoms with Crippen LogP contribution in [0.2, 0.25) is 0 Å². The molecule has 0 radical (unpaired) electrons. The molecule has 0 heterocycles. The van der Waals surface area contributed by atoms with Gasteiger partial charge < -0.3 is 0 Å². The van der Waals surface area contributed by atoms with E-state index >= 15 is 0 Å². The van der Waals surface area contributed by atoms with Gasteiger partial charge in [0.2, 0.25) is 0 Å².